The van der Waals surface area contributed by atoms with Gasteiger partial charge in [0, 0.05) is 0 Å². The molecule has 1 saturated heterocycles. The van der Waals surface area contributed by atoms with Crippen LogP contribution in [-0.4, -0.2) is 44.6 Å². The molecule has 0 aromatic carbocycles. The Kier molecular flexibility index (Phi) is 2.65. The summed E-state index contributed by atoms with van der Waals surface area (Å²) in [6.45, 7) is 6.43. The van der Waals surface area contributed by atoms with Crippen LogP contribution in [0.25, 0.3) is 0 Å². The summed E-state index contributed by atoms with van der Waals surface area (Å²) in [5.74, 6) is 0. The number of quaternary nitrogens is 1. The molecule has 0 spiro atoms. The molecular formula is C7H16NO2+. The van der Waals surface area contributed by atoms with Gasteiger partial charge in [-0.25, -0.2) is 4.84 Å². The highest BCUT2D eigenvalue weighted by molar-refractivity contribution is 4.39. The van der Waals surface area contributed by atoms with Gasteiger partial charge in [-0.3, -0.25) is 0 Å². The van der Waals surface area contributed by atoms with E-state index in [1.54, 1.807) is 0 Å². The average Bonchev–Trinajstić information content (AvgIpc) is 1.89. The standard InChI is InChI=1S/C7H16NO2/c1-3-10-8(2)4-6-9-7-5-8/h3-7H2,1-2H3/q+1. The molecule has 0 radical (unpaired) electrons. The van der Waals surface area contributed by atoms with Gasteiger partial charge in [0.2, 0.25) is 0 Å². The number of ether oxygens (including phenoxy) is 1. The molecule has 1 aliphatic heterocycles. The first-order valence-electron chi connectivity index (χ1n) is 3.84. The van der Waals surface area contributed by atoms with E-state index in [9.17, 15) is 0 Å². The van der Waals surface area contributed by atoms with Gasteiger partial charge in [0.1, 0.15) is 19.7 Å². The molecule has 1 aliphatic rings. The minimum absolute atomic E-state index is 0.719. The van der Waals surface area contributed by atoms with Crippen LogP contribution in [0.3, 0.4) is 0 Å². The van der Waals surface area contributed by atoms with Crippen LogP contribution in [0.2, 0.25) is 0 Å². The fraction of sp³-hybridized carbons (Fsp3) is 1.00. The number of hydrogen-bond acceptors (Lipinski definition) is 2. The Morgan fingerprint density at radius 2 is 2.00 bits per heavy atom. The summed E-state index contributed by atoms with van der Waals surface area (Å²) in [7, 11) is 2.10. The van der Waals surface area contributed by atoms with Crippen molar-refractivity contribution in [1.82, 2.24) is 0 Å². The molecule has 10 heavy (non-hydrogen) atoms. The van der Waals surface area contributed by atoms with Crippen molar-refractivity contribution in [3.8, 4) is 0 Å². The Morgan fingerprint density at radius 1 is 1.40 bits per heavy atom. The number of hydroxylamine groups is 3. The molecule has 0 aromatic heterocycles. The Balaban J connectivity index is 2.32. The molecule has 0 N–H and O–H groups in total. The van der Waals surface area contributed by atoms with E-state index in [0.29, 0.717) is 0 Å². The normalized spacial score (nSPS) is 24.6. The van der Waals surface area contributed by atoms with E-state index in [2.05, 4.69) is 7.05 Å². The maximum atomic E-state index is 5.53. The van der Waals surface area contributed by atoms with Crippen molar-refractivity contribution in [3.05, 3.63) is 0 Å². The molecule has 0 saturated carbocycles. The molecule has 1 heterocycles. The third kappa shape index (κ3) is 1.94. The number of hydrogen-bond donors (Lipinski definition) is 0. The van der Waals surface area contributed by atoms with Crippen molar-refractivity contribution in [3.63, 3.8) is 0 Å². The van der Waals surface area contributed by atoms with Gasteiger partial charge < -0.3 is 4.74 Å². The Hall–Kier alpha value is -0.120. The van der Waals surface area contributed by atoms with Crippen LogP contribution in [0.4, 0.5) is 0 Å². The summed E-state index contributed by atoms with van der Waals surface area (Å²) >= 11 is 0. The average molecular weight is 146 g/mol. The van der Waals surface area contributed by atoms with Gasteiger partial charge in [-0.05, 0) is 6.92 Å². The Morgan fingerprint density at radius 3 is 2.50 bits per heavy atom. The lowest BCUT2D eigenvalue weighted by atomic mass is 10.4. The summed E-state index contributed by atoms with van der Waals surface area (Å²) in [5.41, 5.74) is 0. The van der Waals surface area contributed by atoms with Crippen molar-refractivity contribution in [2.24, 2.45) is 0 Å². The topological polar surface area (TPSA) is 18.5 Å². The van der Waals surface area contributed by atoms with Crippen molar-refractivity contribution >= 4 is 0 Å². The highest BCUT2D eigenvalue weighted by Crippen LogP contribution is 2.07. The molecule has 0 amide bonds. The number of morpholine rings is 1. The van der Waals surface area contributed by atoms with Gasteiger partial charge in [-0.2, -0.15) is 4.65 Å². The zero-order valence-electron chi connectivity index (χ0n) is 6.80. The first kappa shape index (κ1) is 7.98. The molecule has 1 fully saturated rings. The quantitative estimate of drug-likeness (QED) is 0.525. The van der Waals surface area contributed by atoms with E-state index in [0.717, 1.165) is 37.6 Å². The molecule has 3 nitrogen and oxygen atoms in total. The zero-order chi connectivity index (χ0) is 7.45. The van der Waals surface area contributed by atoms with E-state index in [-0.39, 0.29) is 0 Å². The van der Waals surface area contributed by atoms with E-state index in [1.165, 1.54) is 0 Å². The lowest BCUT2D eigenvalue weighted by Gasteiger charge is -2.33. The number of rotatable bonds is 2. The predicted molar refractivity (Wildman–Crippen MR) is 38.4 cm³/mol. The summed E-state index contributed by atoms with van der Waals surface area (Å²) in [4.78, 5) is 5.53. The molecule has 60 valence electrons. The molecule has 0 bridgehead atoms. The second-order valence-corrected chi connectivity index (χ2v) is 2.77. The second kappa shape index (κ2) is 3.32. The second-order valence-electron chi connectivity index (χ2n) is 2.77. The molecule has 0 aliphatic carbocycles. The number of nitrogens with zero attached hydrogens (tertiary/aromatic N) is 1. The van der Waals surface area contributed by atoms with Crippen molar-refractivity contribution < 1.29 is 14.2 Å². The van der Waals surface area contributed by atoms with Gasteiger partial charge in [-0.1, -0.05) is 0 Å². The van der Waals surface area contributed by atoms with Gasteiger partial charge in [0.25, 0.3) is 0 Å². The fourth-order valence-electron chi connectivity index (χ4n) is 1.17. The smallest absolute Gasteiger partial charge is 0.132 e. The summed E-state index contributed by atoms with van der Waals surface area (Å²) in [6.07, 6.45) is 0. The van der Waals surface area contributed by atoms with Gasteiger partial charge in [0.15, 0.2) is 0 Å². The molecule has 1 rings (SSSR count). The van der Waals surface area contributed by atoms with Crippen LogP contribution >= 0.6 is 0 Å². The lowest BCUT2D eigenvalue weighted by molar-refractivity contribution is -1.09. The van der Waals surface area contributed by atoms with Crippen LogP contribution in [0.1, 0.15) is 6.92 Å². The maximum Gasteiger partial charge on any atom is 0.132 e. The lowest BCUT2D eigenvalue weighted by Crippen LogP contribution is -2.51. The van der Waals surface area contributed by atoms with Gasteiger partial charge in [0.05, 0.1) is 20.3 Å². The van der Waals surface area contributed by atoms with Gasteiger partial charge >= 0.3 is 0 Å². The highest BCUT2D eigenvalue weighted by Gasteiger charge is 2.26. The minimum Gasteiger partial charge on any atom is -0.370 e. The van der Waals surface area contributed by atoms with Gasteiger partial charge in [-0.15, -0.1) is 0 Å². The highest BCUT2D eigenvalue weighted by atomic mass is 16.7. The van der Waals surface area contributed by atoms with E-state index in [1.807, 2.05) is 6.92 Å². The van der Waals surface area contributed by atoms with E-state index < -0.39 is 0 Å². The third-order valence-electron chi connectivity index (χ3n) is 1.86. The van der Waals surface area contributed by atoms with Crippen LogP contribution in [0.15, 0.2) is 0 Å². The van der Waals surface area contributed by atoms with Crippen LogP contribution < -0.4 is 0 Å². The predicted octanol–water partition coefficient (Wildman–Crippen LogP) is 0.415. The maximum absolute atomic E-state index is 5.53. The molecule has 0 aromatic rings. The van der Waals surface area contributed by atoms with E-state index in [4.69, 9.17) is 9.57 Å². The largest absolute Gasteiger partial charge is 0.370 e. The first-order chi connectivity index (χ1) is 4.77. The van der Waals surface area contributed by atoms with Crippen molar-refractivity contribution in [1.29, 1.82) is 0 Å². The Bertz CT molecular complexity index is 94.3. The van der Waals surface area contributed by atoms with Crippen LogP contribution in [0, 0.1) is 0 Å². The SMILES string of the molecule is CCO[N+]1(C)CCOCC1. The first-order valence-corrected chi connectivity index (χ1v) is 3.84. The van der Waals surface area contributed by atoms with Crippen molar-refractivity contribution in [2.75, 3.05) is 40.0 Å². The monoisotopic (exact) mass is 146 g/mol. The molecule has 3 heteroatoms. The zero-order valence-corrected chi connectivity index (χ0v) is 6.80. The number of likely N-dealkylation sites (N-methyl/N-ethyl adjacent to an activating group) is 1. The summed E-state index contributed by atoms with van der Waals surface area (Å²) in [6, 6.07) is 0. The summed E-state index contributed by atoms with van der Waals surface area (Å²) in [5, 5.41) is 0. The molecule has 0 atom stereocenters. The Labute approximate surface area is 62.1 Å². The van der Waals surface area contributed by atoms with E-state index >= 15 is 0 Å². The third-order valence-corrected chi connectivity index (χ3v) is 1.86. The molecule has 0 unspecified atom stereocenters. The van der Waals surface area contributed by atoms with Crippen LogP contribution in [0.5, 0.6) is 0 Å². The summed E-state index contributed by atoms with van der Waals surface area (Å²) < 4.78 is 5.93. The minimum atomic E-state index is 0.719. The van der Waals surface area contributed by atoms with Crippen LogP contribution in [-0.2, 0) is 9.57 Å². The van der Waals surface area contributed by atoms with Crippen molar-refractivity contribution in [2.45, 2.75) is 6.92 Å². The molecular weight excluding hydrogens is 130 g/mol. The fourth-order valence-corrected chi connectivity index (χ4v) is 1.17.